The van der Waals surface area contributed by atoms with Gasteiger partial charge in [-0.25, -0.2) is 0 Å². The van der Waals surface area contributed by atoms with E-state index in [9.17, 15) is 0 Å². The van der Waals surface area contributed by atoms with Crippen LogP contribution in [0.4, 0.5) is 0 Å². The van der Waals surface area contributed by atoms with Crippen LogP contribution in [0.1, 0.15) is 12.5 Å². The topological polar surface area (TPSA) is 26.0 Å². The van der Waals surface area contributed by atoms with Gasteiger partial charge in [-0.1, -0.05) is 73.8 Å². The lowest BCUT2D eigenvalue weighted by atomic mass is 10.2. The summed E-state index contributed by atoms with van der Waals surface area (Å²) in [5.41, 5.74) is 2.71. The van der Waals surface area contributed by atoms with Crippen LogP contribution < -0.4 is 0 Å². The molecular formula is C10H9ClI3NO. The molecule has 0 unspecified atom stereocenters. The molecule has 0 aliphatic heterocycles. The highest BCUT2D eigenvalue weighted by atomic mass is 127. The van der Waals surface area contributed by atoms with Crippen LogP contribution >= 0.6 is 79.4 Å². The molecule has 0 amide bonds. The first-order valence-electron chi connectivity index (χ1n) is 4.35. The molecule has 0 spiro atoms. The summed E-state index contributed by atoms with van der Waals surface area (Å²) in [5.74, 6) is 0. The molecule has 0 N–H and O–H groups in total. The highest BCUT2D eigenvalue weighted by Crippen LogP contribution is 2.33. The van der Waals surface area contributed by atoms with Crippen molar-refractivity contribution in [1.29, 1.82) is 0 Å². The molecule has 0 bridgehead atoms. The van der Waals surface area contributed by atoms with Crippen LogP contribution in [0, 0.1) is 6.92 Å². The lowest BCUT2D eigenvalue weighted by Gasteiger charge is -1.96. The van der Waals surface area contributed by atoms with E-state index in [4.69, 9.17) is 16.0 Å². The second kappa shape index (κ2) is 6.37. The third-order valence-corrected chi connectivity index (χ3v) is 1.68. The lowest BCUT2D eigenvalue weighted by molar-refractivity contribution is 0.604. The fourth-order valence-corrected chi connectivity index (χ4v) is 1.18. The van der Waals surface area contributed by atoms with Crippen molar-refractivity contribution in [3.05, 3.63) is 29.1 Å². The summed E-state index contributed by atoms with van der Waals surface area (Å²) in [4.78, 5) is 3.97. The molecule has 1 aromatic carbocycles. The lowest BCUT2D eigenvalue weighted by Crippen LogP contribution is -1.82. The van der Waals surface area contributed by atoms with Crippen molar-refractivity contribution >= 4 is 90.5 Å². The smallest absolute Gasteiger partial charge is 0.293 e. The molecular weight excluding hydrogens is 566 g/mol. The van der Waals surface area contributed by atoms with Gasteiger partial charge in [0, 0.05) is 0 Å². The molecule has 2 nitrogen and oxygen atoms in total. The molecule has 16 heavy (non-hydrogen) atoms. The van der Waals surface area contributed by atoms with Gasteiger partial charge < -0.3 is 4.42 Å². The van der Waals surface area contributed by atoms with E-state index in [-0.39, 0.29) is 5.35 Å². The zero-order valence-corrected chi connectivity index (χ0v) is 15.8. The number of aromatic nitrogens is 1. The molecule has 2 aromatic rings. The van der Waals surface area contributed by atoms with Gasteiger partial charge in [-0.05, 0) is 43.1 Å². The zero-order valence-electron chi connectivity index (χ0n) is 8.60. The van der Waals surface area contributed by atoms with Crippen molar-refractivity contribution in [3.8, 4) is 0 Å². The van der Waals surface area contributed by atoms with Crippen molar-refractivity contribution < 1.29 is 4.42 Å². The number of fused-ring (bicyclic) bond motifs is 1. The largest absolute Gasteiger partial charge is 0.428 e. The fraction of sp³-hybridized carbons (Fsp3) is 0.300. The normalized spacial score (nSPS) is 11.1. The van der Waals surface area contributed by atoms with Crippen LogP contribution in [0.2, 0.25) is 5.35 Å². The third-order valence-electron chi connectivity index (χ3n) is 1.52. The van der Waals surface area contributed by atoms with Crippen LogP contribution in [0.25, 0.3) is 11.1 Å². The van der Waals surface area contributed by atoms with E-state index in [0.717, 1.165) is 16.7 Å². The van der Waals surface area contributed by atoms with E-state index < -0.39 is 0 Å². The highest BCUT2D eigenvalue weighted by molar-refractivity contribution is 14.3. The number of oxazole rings is 1. The number of aryl methyl sites for hydroxylation is 1. The van der Waals surface area contributed by atoms with Gasteiger partial charge >= 0.3 is 0 Å². The van der Waals surface area contributed by atoms with Crippen LogP contribution in [0.3, 0.4) is 0 Å². The molecule has 0 saturated heterocycles. The van der Waals surface area contributed by atoms with E-state index in [1.807, 2.05) is 25.1 Å². The summed E-state index contributed by atoms with van der Waals surface area (Å²) in [7, 11) is 0. The number of hydrogen-bond donors (Lipinski definition) is 0. The molecule has 0 radical (unpaired) electrons. The Hall–Kier alpha value is 1.17. The Kier molecular flexibility index (Phi) is 6.06. The SMILES string of the molecule is CC(I)(I)I.Cc1ccc2oc(Cl)nc2c1. The van der Waals surface area contributed by atoms with E-state index in [2.05, 4.69) is 79.7 Å². The fourth-order valence-electron chi connectivity index (χ4n) is 1.01. The standard InChI is InChI=1S/C8H6ClNO.C2H3I3/c1-5-2-3-7-6(4-5)10-8(9)11-7;1-2(3,4)5/h2-4H,1H3;1H3. The Labute approximate surface area is 140 Å². The van der Waals surface area contributed by atoms with Gasteiger partial charge in [0.25, 0.3) is 5.35 Å². The third kappa shape index (κ3) is 6.20. The average molecular weight is 575 g/mol. The van der Waals surface area contributed by atoms with Gasteiger partial charge in [-0.3, -0.25) is 0 Å². The van der Waals surface area contributed by atoms with Crippen molar-refractivity contribution in [2.45, 2.75) is 13.3 Å². The van der Waals surface area contributed by atoms with Crippen LogP contribution in [0.5, 0.6) is 0 Å². The minimum Gasteiger partial charge on any atom is -0.428 e. The maximum Gasteiger partial charge on any atom is 0.293 e. The molecule has 88 valence electrons. The molecule has 6 heteroatoms. The van der Waals surface area contributed by atoms with E-state index in [1.54, 1.807) is 0 Å². The maximum absolute atomic E-state index is 5.56. The Bertz CT molecular complexity index is 472. The van der Waals surface area contributed by atoms with Gasteiger partial charge in [-0.15, -0.1) is 0 Å². The quantitative estimate of drug-likeness (QED) is 0.295. The van der Waals surface area contributed by atoms with E-state index in [1.165, 1.54) is 0 Å². The minimum absolute atomic E-state index is 0.200. The number of alkyl halides is 3. The van der Waals surface area contributed by atoms with Crippen LogP contribution in [-0.4, -0.2) is 4.42 Å². The first kappa shape index (κ1) is 15.2. The molecule has 0 aliphatic carbocycles. The average Bonchev–Trinajstić information content (AvgIpc) is 2.40. The molecule has 0 fully saturated rings. The van der Waals surface area contributed by atoms with E-state index >= 15 is 0 Å². The summed E-state index contributed by atoms with van der Waals surface area (Å²) in [6, 6.07) is 5.76. The highest BCUT2D eigenvalue weighted by Gasteiger charge is 2.04. The predicted octanol–water partition coefficient (Wildman–Crippen LogP) is 5.75. The Morgan fingerprint density at radius 2 is 1.88 bits per heavy atom. The zero-order chi connectivity index (χ0) is 12.3. The Morgan fingerprint density at radius 3 is 2.44 bits per heavy atom. The number of halogens is 4. The second-order valence-corrected chi connectivity index (χ2v) is 16.2. The monoisotopic (exact) mass is 575 g/mol. The summed E-state index contributed by atoms with van der Waals surface area (Å²) < 4.78 is 5.49. The van der Waals surface area contributed by atoms with Crippen molar-refractivity contribution in [3.63, 3.8) is 0 Å². The Morgan fingerprint density at radius 1 is 1.31 bits per heavy atom. The van der Waals surface area contributed by atoms with Gasteiger partial charge in [0.05, 0.1) is 0 Å². The van der Waals surface area contributed by atoms with Crippen molar-refractivity contribution in [2.24, 2.45) is 0 Å². The molecule has 1 aromatic heterocycles. The molecule has 2 rings (SSSR count). The van der Waals surface area contributed by atoms with Crippen molar-refractivity contribution in [2.75, 3.05) is 0 Å². The van der Waals surface area contributed by atoms with Crippen LogP contribution in [-0.2, 0) is 0 Å². The molecule has 0 saturated carbocycles. The number of hydrogen-bond acceptors (Lipinski definition) is 2. The summed E-state index contributed by atoms with van der Waals surface area (Å²) in [6.45, 7) is 4.15. The van der Waals surface area contributed by atoms with Crippen molar-refractivity contribution in [1.82, 2.24) is 4.98 Å². The van der Waals surface area contributed by atoms with E-state index in [0.29, 0.717) is -0.565 Å². The summed E-state index contributed by atoms with van der Waals surface area (Å²) >= 11 is 12.6. The van der Waals surface area contributed by atoms with Gasteiger partial charge in [0.15, 0.2) is 5.58 Å². The summed E-state index contributed by atoms with van der Waals surface area (Å²) in [6.07, 6.45) is 0. The van der Waals surface area contributed by atoms with Gasteiger partial charge in [0.1, 0.15) is 4.95 Å². The molecule has 0 atom stereocenters. The van der Waals surface area contributed by atoms with Gasteiger partial charge in [-0.2, -0.15) is 4.98 Å². The molecule has 0 aliphatic rings. The number of nitrogens with zero attached hydrogens (tertiary/aromatic N) is 1. The minimum atomic E-state index is 0.200. The number of rotatable bonds is 0. The first-order valence-corrected chi connectivity index (χ1v) is 7.96. The Balaban J connectivity index is 0.000000221. The molecule has 1 heterocycles. The first-order chi connectivity index (χ1) is 7.25. The summed E-state index contributed by atoms with van der Waals surface area (Å²) in [5, 5.41) is 0.200. The van der Waals surface area contributed by atoms with Gasteiger partial charge in [0.2, 0.25) is 0 Å². The van der Waals surface area contributed by atoms with Crippen LogP contribution in [0.15, 0.2) is 22.6 Å². The second-order valence-electron chi connectivity index (χ2n) is 3.22. The maximum atomic E-state index is 5.56. The number of benzene rings is 1. The predicted molar refractivity (Wildman–Crippen MR) is 94.2 cm³/mol.